The van der Waals surface area contributed by atoms with Crippen LogP contribution in [0, 0.1) is 5.92 Å². The van der Waals surface area contributed by atoms with Crippen molar-refractivity contribution >= 4 is 0 Å². The highest BCUT2D eigenvalue weighted by molar-refractivity contribution is 4.92. The molecule has 0 aromatic heterocycles. The van der Waals surface area contributed by atoms with Gasteiger partial charge in [0.05, 0.1) is 0 Å². The molecular weight excluding hydrogens is 122 g/mol. The van der Waals surface area contributed by atoms with Crippen molar-refractivity contribution in [2.24, 2.45) is 5.92 Å². The van der Waals surface area contributed by atoms with Gasteiger partial charge in [-0.25, -0.2) is 0 Å². The van der Waals surface area contributed by atoms with Crippen LogP contribution >= 0.6 is 0 Å². The van der Waals surface area contributed by atoms with Crippen molar-refractivity contribution in [3.63, 3.8) is 0 Å². The monoisotopic (exact) mass is 139 g/mol. The van der Waals surface area contributed by atoms with E-state index in [1.807, 2.05) is 0 Å². The summed E-state index contributed by atoms with van der Waals surface area (Å²) in [4.78, 5) is 0. The molecule has 1 N–H and O–H groups in total. The van der Waals surface area contributed by atoms with Gasteiger partial charge in [0.15, 0.2) is 0 Å². The molecule has 2 atom stereocenters. The highest BCUT2D eigenvalue weighted by atomic mass is 14.9. The largest absolute Gasteiger partial charge is 0.313 e. The van der Waals surface area contributed by atoms with Crippen LogP contribution in [-0.2, 0) is 0 Å². The Bertz CT molecular complexity index is 112. The Labute approximate surface area is 63.5 Å². The molecule has 58 valence electrons. The fourth-order valence-electron chi connectivity index (χ4n) is 1.60. The minimum atomic E-state index is 0.715. The van der Waals surface area contributed by atoms with E-state index in [0.717, 1.165) is 6.04 Å². The highest BCUT2D eigenvalue weighted by Crippen LogP contribution is 2.15. The Balaban J connectivity index is 2.32. The fraction of sp³-hybridized carbons (Fsp3) is 0.778. The molecule has 1 aliphatic rings. The number of allylic oxidation sites excluding steroid dienone is 1. The Kier molecular flexibility index (Phi) is 2.94. The van der Waals surface area contributed by atoms with Gasteiger partial charge in [0.2, 0.25) is 0 Å². The maximum absolute atomic E-state index is 3.49. The Hall–Kier alpha value is -0.300. The second kappa shape index (κ2) is 3.77. The SMILES string of the molecule is C/C=C\[C@@H](C)C1CCCN1. The molecule has 10 heavy (non-hydrogen) atoms. The van der Waals surface area contributed by atoms with E-state index in [9.17, 15) is 0 Å². The summed E-state index contributed by atoms with van der Waals surface area (Å²) in [6, 6.07) is 0.746. The van der Waals surface area contributed by atoms with Gasteiger partial charge in [-0.05, 0) is 32.2 Å². The first-order valence-electron chi connectivity index (χ1n) is 4.21. The average Bonchev–Trinajstić information content (AvgIpc) is 2.38. The second-order valence-electron chi connectivity index (χ2n) is 3.09. The zero-order chi connectivity index (χ0) is 7.40. The first-order chi connectivity index (χ1) is 4.84. The van der Waals surface area contributed by atoms with Crippen LogP contribution in [0.1, 0.15) is 26.7 Å². The van der Waals surface area contributed by atoms with Crippen LogP contribution in [0.3, 0.4) is 0 Å². The maximum Gasteiger partial charge on any atom is 0.0128 e. The summed E-state index contributed by atoms with van der Waals surface area (Å²) in [7, 11) is 0. The van der Waals surface area contributed by atoms with Gasteiger partial charge in [-0.15, -0.1) is 0 Å². The molecule has 1 heteroatoms. The molecule has 0 saturated carbocycles. The third-order valence-corrected chi connectivity index (χ3v) is 2.23. The van der Waals surface area contributed by atoms with Crippen LogP contribution in [-0.4, -0.2) is 12.6 Å². The van der Waals surface area contributed by atoms with Gasteiger partial charge in [-0.3, -0.25) is 0 Å². The Morgan fingerprint density at radius 3 is 2.90 bits per heavy atom. The Morgan fingerprint density at radius 1 is 1.60 bits per heavy atom. The zero-order valence-electron chi connectivity index (χ0n) is 6.93. The number of hydrogen-bond donors (Lipinski definition) is 1. The molecule has 0 aromatic carbocycles. The first kappa shape index (κ1) is 7.80. The maximum atomic E-state index is 3.49. The van der Waals surface area contributed by atoms with Crippen LogP contribution < -0.4 is 5.32 Å². The molecule has 1 aliphatic heterocycles. The van der Waals surface area contributed by atoms with Crippen LogP contribution in [0.2, 0.25) is 0 Å². The van der Waals surface area contributed by atoms with E-state index in [1.54, 1.807) is 0 Å². The molecule has 0 radical (unpaired) electrons. The topological polar surface area (TPSA) is 12.0 Å². The molecule has 0 aliphatic carbocycles. The van der Waals surface area contributed by atoms with Gasteiger partial charge in [-0.1, -0.05) is 19.1 Å². The molecule has 0 amide bonds. The number of hydrogen-bond acceptors (Lipinski definition) is 1. The zero-order valence-corrected chi connectivity index (χ0v) is 6.93. The van der Waals surface area contributed by atoms with Gasteiger partial charge in [0.25, 0.3) is 0 Å². The molecular formula is C9H17N. The van der Waals surface area contributed by atoms with Gasteiger partial charge in [0, 0.05) is 6.04 Å². The van der Waals surface area contributed by atoms with Gasteiger partial charge in [-0.2, -0.15) is 0 Å². The summed E-state index contributed by atoms with van der Waals surface area (Å²) in [5.74, 6) is 0.715. The summed E-state index contributed by atoms with van der Waals surface area (Å²) < 4.78 is 0. The quantitative estimate of drug-likeness (QED) is 0.577. The number of rotatable bonds is 2. The lowest BCUT2D eigenvalue weighted by Gasteiger charge is -2.14. The van der Waals surface area contributed by atoms with Crippen LogP contribution in [0.25, 0.3) is 0 Å². The lowest BCUT2D eigenvalue weighted by molar-refractivity contribution is 0.491. The summed E-state index contributed by atoms with van der Waals surface area (Å²) in [6.45, 7) is 5.58. The van der Waals surface area contributed by atoms with Gasteiger partial charge >= 0.3 is 0 Å². The van der Waals surface area contributed by atoms with Crippen molar-refractivity contribution in [2.75, 3.05) is 6.54 Å². The van der Waals surface area contributed by atoms with E-state index in [1.165, 1.54) is 19.4 Å². The smallest absolute Gasteiger partial charge is 0.0128 e. The fourth-order valence-corrected chi connectivity index (χ4v) is 1.60. The summed E-state index contributed by atoms with van der Waals surface area (Å²) in [6.07, 6.45) is 7.13. The summed E-state index contributed by atoms with van der Waals surface area (Å²) in [5, 5.41) is 3.49. The molecule has 0 aromatic rings. The minimum absolute atomic E-state index is 0.715. The Morgan fingerprint density at radius 2 is 2.40 bits per heavy atom. The van der Waals surface area contributed by atoms with E-state index in [-0.39, 0.29) is 0 Å². The van der Waals surface area contributed by atoms with E-state index < -0.39 is 0 Å². The first-order valence-corrected chi connectivity index (χ1v) is 4.21. The van der Waals surface area contributed by atoms with E-state index in [0.29, 0.717) is 5.92 Å². The molecule has 1 rings (SSSR count). The van der Waals surface area contributed by atoms with E-state index in [4.69, 9.17) is 0 Å². The van der Waals surface area contributed by atoms with E-state index in [2.05, 4.69) is 31.3 Å². The van der Waals surface area contributed by atoms with Crippen molar-refractivity contribution in [1.82, 2.24) is 5.32 Å². The van der Waals surface area contributed by atoms with Crippen LogP contribution in [0.4, 0.5) is 0 Å². The highest BCUT2D eigenvalue weighted by Gasteiger charge is 2.17. The molecule has 0 bridgehead atoms. The molecule has 1 unspecified atom stereocenters. The third kappa shape index (κ3) is 1.84. The predicted octanol–water partition coefficient (Wildman–Crippen LogP) is 1.95. The lowest BCUT2D eigenvalue weighted by atomic mass is 10.0. The third-order valence-electron chi connectivity index (χ3n) is 2.23. The van der Waals surface area contributed by atoms with Gasteiger partial charge in [0.1, 0.15) is 0 Å². The average molecular weight is 139 g/mol. The van der Waals surface area contributed by atoms with Gasteiger partial charge < -0.3 is 5.32 Å². The molecule has 1 heterocycles. The number of nitrogens with one attached hydrogen (secondary N) is 1. The normalized spacial score (nSPS) is 29.6. The minimum Gasteiger partial charge on any atom is -0.313 e. The second-order valence-corrected chi connectivity index (χ2v) is 3.09. The van der Waals surface area contributed by atoms with Crippen molar-refractivity contribution in [1.29, 1.82) is 0 Å². The molecule has 1 fully saturated rings. The van der Waals surface area contributed by atoms with Crippen molar-refractivity contribution in [3.8, 4) is 0 Å². The van der Waals surface area contributed by atoms with Crippen LogP contribution in [0.5, 0.6) is 0 Å². The molecule has 0 spiro atoms. The standard InChI is InChI=1S/C9H17N/c1-3-5-8(2)9-6-4-7-10-9/h3,5,8-10H,4,6-7H2,1-2H3/b5-3-/t8-,9?/m1/s1. The van der Waals surface area contributed by atoms with E-state index >= 15 is 0 Å². The predicted molar refractivity (Wildman–Crippen MR) is 45.0 cm³/mol. The lowest BCUT2D eigenvalue weighted by Crippen LogP contribution is -2.27. The molecule has 1 nitrogen and oxygen atoms in total. The van der Waals surface area contributed by atoms with Crippen molar-refractivity contribution < 1.29 is 0 Å². The van der Waals surface area contributed by atoms with Crippen molar-refractivity contribution in [3.05, 3.63) is 12.2 Å². The summed E-state index contributed by atoms with van der Waals surface area (Å²) in [5.41, 5.74) is 0. The van der Waals surface area contributed by atoms with Crippen LogP contribution in [0.15, 0.2) is 12.2 Å². The summed E-state index contributed by atoms with van der Waals surface area (Å²) >= 11 is 0. The molecule has 1 saturated heterocycles. The van der Waals surface area contributed by atoms with Crippen molar-refractivity contribution in [2.45, 2.75) is 32.7 Å².